The predicted octanol–water partition coefficient (Wildman–Crippen LogP) is 2.75. The van der Waals surface area contributed by atoms with Gasteiger partial charge in [-0.1, -0.05) is 30.9 Å². The lowest BCUT2D eigenvalue weighted by Crippen LogP contribution is -2.61. The maximum Gasteiger partial charge on any atom is 0.248 e. The fourth-order valence-corrected chi connectivity index (χ4v) is 4.32. The highest BCUT2D eigenvalue weighted by atomic mass is 35.5. The molecule has 2 N–H and O–H groups in total. The zero-order chi connectivity index (χ0) is 20.1. The van der Waals surface area contributed by atoms with E-state index in [0.29, 0.717) is 49.6 Å². The third kappa shape index (κ3) is 4.82. The van der Waals surface area contributed by atoms with Gasteiger partial charge in [-0.05, 0) is 37.8 Å². The molecule has 0 bridgehead atoms. The van der Waals surface area contributed by atoms with E-state index >= 15 is 0 Å². The maximum atomic E-state index is 13.2. The largest absolute Gasteiger partial charge is 0.342 e. The molecule has 0 unspecified atom stereocenters. The van der Waals surface area contributed by atoms with E-state index in [0.717, 1.165) is 19.3 Å². The fourth-order valence-electron chi connectivity index (χ4n) is 4.21. The van der Waals surface area contributed by atoms with E-state index in [2.05, 4.69) is 15.6 Å². The summed E-state index contributed by atoms with van der Waals surface area (Å²) in [4.78, 5) is 43.3. The number of amides is 3. The third-order valence-electron chi connectivity index (χ3n) is 5.66. The van der Waals surface area contributed by atoms with Crippen LogP contribution in [0.25, 0.3) is 0 Å². The molecule has 3 rings (SSSR count). The second-order valence-corrected chi connectivity index (χ2v) is 8.18. The monoisotopic (exact) mass is 406 g/mol. The Bertz CT molecular complexity index is 723. The first-order valence-electron chi connectivity index (χ1n) is 9.90. The van der Waals surface area contributed by atoms with E-state index < -0.39 is 5.54 Å². The topological polar surface area (TPSA) is 91.4 Å². The highest BCUT2D eigenvalue weighted by Crippen LogP contribution is 2.32. The molecule has 28 heavy (non-hydrogen) atoms. The summed E-state index contributed by atoms with van der Waals surface area (Å²) in [5.74, 6) is 0.0566. The highest BCUT2D eigenvalue weighted by molar-refractivity contribution is 6.30. The highest BCUT2D eigenvalue weighted by Gasteiger charge is 2.43. The Balaban J connectivity index is 1.57. The van der Waals surface area contributed by atoms with Gasteiger partial charge in [-0.3, -0.25) is 14.4 Å². The summed E-state index contributed by atoms with van der Waals surface area (Å²) in [6.07, 6.45) is 7.04. The number of aromatic nitrogens is 1. The van der Waals surface area contributed by atoms with Crippen LogP contribution in [0, 0.1) is 5.92 Å². The number of pyridine rings is 1. The minimum Gasteiger partial charge on any atom is -0.342 e. The SMILES string of the molecule is CC(=O)NC1(C(=O)N2CCC(C(=O)Nc3ccc(Cl)cn3)CC2)CCCCC1. The summed E-state index contributed by atoms with van der Waals surface area (Å²) in [6, 6.07) is 3.34. The molecule has 152 valence electrons. The van der Waals surface area contributed by atoms with Crippen molar-refractivity contribution < 1.29 is 14.4 Å². The summed E-state index contributed by atoms with van der Waals surface area (Å²) < 4.78 is 0. The van der Waals surface area contributed by atoms with Crippen LogP contribution in [0.2, 0.25) is 5.02 Å². The van der Waals surface area contributed by atoms with Crippen molar-refractivity contribution in [2.24, 2.45) is 5.92 Å². The number of likely N-dealkylation sites (tertiary alicyclic amines) is 1. The van der Waals surface area contributed by atoms with E-state index in [9.17, 15) is 14.4 Å². The molecular weight excluding hydrogens is 380 g/mol. The van der Waals surface area contributed by atoms with Gasteiger partial charge in [0.25, 0.3) is 0 Å². The molecule has 1 saturated carbocycles. The van der Waals surface area contributed by atoms with E-state index in [1.807, 2.05) is 4.90 Å². The molecule has 8 heteroatoms. The van der Waals surface area contributed by atoms with Gasteiger partial charge in [0.15, 0.2) is 0 Å². The normalized spacial score (nSPS) is 19.7. The van der Waals surface area contributed by atoms with Crippen LogP contribution in [0.4, 0.5) is 5.82 Å². The standard InChI is InChI=1S/C20H27ClN4O3/c1-14(26)24-20(9-3-2-4-10-20)19(28)25-11-7-15(8-12-25)18(27)23-17-6-5-16(21)13-22-17/h5-6,13,15H,2-4,7-12H2,1H3,(H,24,26)(H,22,23,27). The van der Waals surface area contributed by atoms with Crippen LogP contribution in [0.15, 0.2) is 18.3 Å². The van der Waals surface area contributed by atoms with Crippen LogP contribution in [0.1, 0.15) is 51.9 Å². The molecule has 0 aromatic carbocycles. The van der Waals surface area contributed by atoms with Gasteiger partial charge in [0.2, 0.25) is 17.7 Å². The van der Waals surface area contributed by atoms with Crippen LogP contribution in [0.5, 0.6) is 0 Å². The van der Waals surface area contributed by atoms with Gasteiger partial charge >= 0.3 is 0 Å². The van der Waals surface area contributed by atoms with Crippen LogP contribution < -0.4 is 10.6 Å². The van der Waals surface area contributed by atoms with Crippen molar-refractivity contribution in [3.63, 3.8) is 0 Å². The van der Waals surface area contributed by atoms with Crippen LogP contribution in [0.3, 0.4) is 0 Å². The minimum absolute atomic E-state index is 0.000580. The smallest absolute Gasteiger partial charge is 0.248 e. The van der Waals surface area contributed by atoms with Gasteiger partial charge in [0.1, 0.15) is 11.4 Å². The van der Waals surface area contributed by atoms with Gasteiger partial charge in [0.05, 0.1) is 5.02 Å². The van der Waals surface area contributed by atoms with Gasteiger partial charge in [-0.15, -0.1) is 0 Å². The number of anilines is 1. The molecule has 7 nitrogen and oxygen atoms in total. The molecule has 1 saturated heterocycles. The molecule has 1 aromatic rings. The number of carbonyl (C=O) groups is 3. The Morgan fingerprint density at radius 2 is 1.82 bits per heavy atom. The summed E-state index contributed by atoms with van der Waals surface area (Å²) >= 11 is 5.81. The van der Waals surface area contributed by atoms with Crippen molar-refractivity contribution in [3.05, 3.63) is 23.4 Å². The number of nitrogens with one attached hydrogen (secondary N) is 2. The first-order chi connectivity index (χ1) is 13.4. The van der Waals surface area contributed by atoms with Crippen molar-refractivity contribution in [3.8, 4) is 0 Å². The molecule has 0 radical (unpaired) electrons. The molecular formula is C20H27ClN4O3. The third-order valence-corrected chi connectivity index (χ3v) is 5.89. The minimum atomic E-state index is -0.771. The molecule has 2 aliphatic rings. The predicted molar refractivity (Wildman–Crippen MR) is 107 cm³/mol. The van der Waals surface area contributed by atoms with Crippen molar-refractivity contribution in [1.29, 1.82) is 0 Å². The molecule has 0 spiro atoms. The lowest BCUT2D eigenvalue weighted by molar-refractivity contribution is -0.145. The lowest BCUT2D eigenvalue weighted by Gasteiger charge is -2.42. The second kappa shape index (κ2) is 8.90. The van der Waals surface area contributed by atoms with E-state index in [1.165, 1.54) is 13.1 Å². The summed E-state index contributed by atoms with van der Waals surface area (Å²) in [6.45, 7) is 2.50. The van der Waals surface area contributed by atoms with Gasteiger partial charge < -0.3 is 15.5 Å². The van der Waals surface area contributed by atoms with Gasteiger partial charge in [0, 0.05) is 32.1 Å². The fraction of sp³-hybridized carbons (Fsp3) is 0.600. The first-order valence-corrected chi connectivity index (χ1v) is 10.3. The van der Waals surface area contributed by atoms with Crippen LogP contribution in [-0.4, -0.2) is 46.2 Å². The van der Waals surface area contributed by atoms with E-state index in [-0.39, 0.29) is 23.6 Å². The Morgan fingerprint density at radius 3 is 2.39 bits per heavy atom. The van der Waals surface area contributed by atoms with Crippen molar-refractivity contribution >= 4 is 35.1 Å². The van der Waals surface area contributed by atoms with E-state index in [1.54, 1.807) is 12.1 Å². The number of rotatable bonds is 4. The average molecular weight is 407 g/mol. The molecule has 2 fully saturated rings. The second-order valence-electron chi connectivity index (χ2n) is 7.74. The Kier molecular flexibility index (Phi) is 6.54. The number of carbonyl (C=O) groups excluding carboxylic acids is 3. The zero-order valence-corrected chi connectivity index (χ0v) is 16.9. The number of halogens is 1. The molecule has 1 aliphatic heterocycles. The van der Waals surface area contributed by atoms with Crippen LogP contribution in [-0.2, 0) is 14.4 Å². The van der Waals surface area contributed by atoms with Gasteiger partial charge in [-0.25, -0.2) is 4.98 Å². The number of hydrogen-bond acceptors (Lipinski definition) is 4. The number of hydrogen-bond donors (Lipinski definition) is 2. The average Bonchev–Trinajstić information content (AvgIpc) is 2.69. The summed E-state index contributed by atoms with van der Waals surface area (Å²) in [5.41, 5.74) is -0.771. The Labute approximate surface area is 170 Å². The zero-order valence-electron chi connectivity index (χ0n) is 16.2. The summed E-state index contributed by atoms with van der Waals surface area (Å²) in [7, 11) is 0. The molecule has 0 atom stereocenters. The summed E-state index contributed by atoms with van der Waals surface area (Å²) in [5, 5.41) is 6.26. The maximum absolute atomic E-state index is 13.2. The van der Waals surface area contributed by atoms with Crippen molar-refractivity contribution in [2.45, 2.75) is 57.4 Å². The lowest BCUT2D eigenvalue weighted by atomic mass is 9.79. The Morgan fingerprint density at radius 1 is 1.14 bits per heavy atom. The first kappa shape index (κ1) is 20.6. The molecule has 2 heterocycles. The number of piperidine rings is 1. The van der Waals surface area contributed by atoms with Crippen molar-refractivity contribution in [1.82, 2.24) is 15.2 Å². The van der Waals surface area contributed by atoms with E-state index in [4.69, 9.17) is 11.6 Å². The van der Waals surface area contributed by atoms with Crippen LogP contribution >= 0.6 is 11.6 Å². The quantitative estimate of drug-likeness (QED) is 0.804. The molecule has 3 amide bonds. The molecule has 1 aliphatic carbocycles. The van der Waals surface area contributed by atoms with Gasteiger partial charge in [-0.2, -0.15) is 0 Å². The Hall–Kier alpha value is -2.15. The number of nitrogens with zero attached hydrogens (tertiary/aromatic N) is 2. The molecule has 1 aromatic heterocycles. The van der Waals surface area contributed by atoms with Crippen molar-refractivity contribution in [2.75, 3.05) is 18.4 Å².